The Morgan fingerprint density at radius 1 is 0.750 bits per heavy atom. The molecule has 0 radical (unpaired) electrons. The lowest BCUT2D eigenvalue weighted by molar-refractivity contribution is 0.591. The van der Waals surface area contributed by atoms with Crippen molar-refractivity contribution in [3.05, 3.63) is 59.2 Å². The number of hydrogen-bond donors (Lipinski definition) is 0. The van der Waals surface area contributed by atoms with E-state index in [9.17, 15) is 0 Å². The van der Waals surface area contributed by atoms with Crippen LogP contribution in [-0.4, -0.2) is 0 Å². The highest BCUT2D eigenvalue weighted by Gasteiger charge is 2.18. The fourth-order valence-corrected chi connectivity index (χ4v) is 3.89. The lowest BCUT2D eigenvalue weighted by atomic mass is 9.82. The lowest BCUT2D eigenvalue weighted by Crippen LogP contribution is -2.11. The first-order valence-corrected chi connectivity index (χ1v) is 8.99. The molecule has 0 atom stereocenters. The Labute approximate surface area is 144 Å². The number of hydrogen-bond acceptors (Lipinski definition) is 0. The van der Waals surface area contributed by atoms with E-state index in [1.54, 1.807) is 0 Å². The van der Waals surface area contributed by atoms with Crippen LogP contribution in [0.15, 0.2) is 42.5 Å². The maximum atomic E-state index is 2.41. The van der Waals surface area contributed by atoms with E-state index in [0.717, 1.165) is 0 Å². The third-order valence-electron chi connectivity index (χ3n) is 5.41. The van der Waals surface area contributed by atoms with Crippen molar-refractivity contribution in [2.75, 3.05) is 0 Å². The largest absolute Gasteiger partial charge is 0.0587 e. The van der Waals surface area contributed by atoms with E-state index < -0.39 is 0 Å². The summed E-state index contributed by atoms with van der Waals surface area (Å²) < 4.78 is 0. The molecule has 0 aliphatic heterocycles. The molecule has 0 heterocycles. The summed E-state index contributed by atoms with van der Waals surface area (Å²) in [4.78, 5) is 0. The van der Waals surface area contributed by atoms with Gasteiger partial charge in [-0.3, -0.25) is 0 Å². The molecule has 0 aromatic heterocycles. The lowest BCUT2D eigenvalue weighted by Gasteiger charge is -2.22. The van der Waals surface area contributed by atoms with Crippen LogP contribution in [0.5, 0.6) is 0 Å². The molecule has 24 heavy (non-hydrogen) atoms. The van der Waals surface area contributed by atoms with Crippen LogP contribution in [0.4, 0.5) is 0 Å². The maximum Gasteiger partial charge on any atom is -0.00239 e. The molecule has 0 N–H and O–H groups in total. The van der Waals surface area contributed by atoms with Gasteiger partial charge >= 0.3 is 0 Å². The molecule has 0 aliphatic carbocycles. The fraction of sp³-hybridized carbons (Fsp3) is 0.333. The smallest absolute Gasteiger partial charge is 0.00239 e. The first kappa shape index (κ1) is 15.4. The summed E-state index contributed by atoms with van der Waals surface area (Å²) in [7, 11) is 0. The quantitative estimate of drug-likeness (QED) is 0.323. The van der Waals surface area contributed by atoms with Crippen molar-refractivity contribution in [1.29, 1.82) is 0 Å². The van der Waals surface area contributed by atoms with Crippen molar-refractivity contribution in [3.63, 3.8) is 0 Å². The van der Waals surface area contributed by atoms with Gasteiger partial charge in [-0.2, -0.15) is 0 Å². The van der Waals surface area contributed by atoms with Gasteiger partial charge < -0.3 is 0 Å². The van der Waals surface area contributed by atoms with Crippen molar-refractivity contribution in [3.8, 4) is 0 Å². The molecule has 4 aromatic rings. The van der Waals surface area contributed by atoms with Crippen molar-refractivity contribution in [2.24, 2.45) is 0 Å². The Hall–Kier alpha value is -2.08. The highest BCUT2D eigenvalue weighted by molar-refractivity contribution is 6.24. The Balaban J connectivity index is 2.20. The van der Waals surface area contributed by atoms with E-state index in [1.165, 1.54) is 49.0 Å². The maximum absolute atomic E-state index is 2.41. The summed E-state index contributed by atoms with van der Waals surface area (Å²) in [6.07, 6.45) is 0. The second kappa shape index (κ2) is 4.96. The standard InChI is InChI=1S/C24H26/c1-14(2)18-10-16-7-8-17-12-20(24(4,5)6)13-21-15(3)9-19(11-18)22(16)23(17)21/h7-14H,1-6H3. The summed E-state index contributed by atoms with van der Waals surface area (Å²) in [5.41, 5.74) is 4.39. The zero-order chi connectivity index (χ0) is 17.2. The minimum atomic E-state index is 0.168. The molecule has 4 aromatic carbocycles. The topological polar surface area (TPSA) is 0 Å². The molecule has 0 bridgehead atoms. The first-order chi connectivity index (χ1) is 11.3. The zero-order valence-electron chi connectivity index (χ0n) is 15.6. The Morgan fingerprint density at radius 3 is 2.00 bits per heavy atom. The van der Waals surface area contributed by atoms with Crippen LogP contribution < -0.4 is 0 Å². The van der Waals surface area contributed by atoms with Gasteiger partial charge in [0.15, 0.2) is 0 Å². The van der Waals surface area contributed by atoms with Crippen molar-refractivity contribution < 1.29 is 0 Å². The van der Waals surface area contributed by atoms with Crippen molar-refractivity contribution in [1.82, 2.24) is 0 Å². The van der Waals surface area contributed by atoms with Gasteiger partial charge in [0.25, 0.3) is 0 Å². The zero-order valence-corrected chi connectivity index (χ0v) is 15.6. The van der Waals surface area contributed by atoms with Crippen molar-refractivity contribution in [2.45, 2.75) is 52.9 Å². The van der Waals surface area contributed by atoms with Crippen LogP contribution in [0.2, 0.25) is 0 Å². The molecule has 0 unspecified atom stereocenters. The van der Waals surface area contributed by atoms with Crippen LogP contribution in [0.3, 0.4) is 0 Å². The molecular weight excluding hydrogens is 288 g/mol. The minimum Gasteiger partial charge on any atom is -0.0587 e. The summed E-state index contributed by atoms with van der Waals surface area (Å²) in [5, 5.41) is 8.40. The molecular formula is C24H26. The predicted octanol–water partition coefficient (Wildman–Crippen LogP) is 7.31. The summed E-state index contributed by atoms with van der Waals surface area (Å²) >= 11 is 0. The molecule has 0 nitrogen and oxygen atoms in total. The average Bonchev–Trinajstić information content (AvgIpc) is 2.51. The van der Waals surface area contributed by atoms with Crippen LogP contribution in [0.25, 0.3) is 32.3 Å². The monoisotopic (exact) mass is 314 g/mol. The summed E-state index contributed by atoms with van der Waals surface area (Å²) in [6, 6.07) is 16.5. The molecule has 0 saturated heterocycles. The Bertz CT molecular complexity index is 1060. The van der Waals surface area contributed by atoms with E-state index >= 15 is 0 Å². The molecule has 4 rings (SSSR count). The second-order valence-corrected chi connectivity index (χ2v) is 8.63. The van der Waals surface area contributed by atoms with E-state index in [1.807, 2.05) is 0 Å². The molecule has 0 amide bonds. The van der Waals surface area contributed by atoms with E-state index in [4.69, 9.17) is 0 Å². The molecule has 0 aliphatic rings. The minimum absolute atomic E-state index is 0.168. The normalized spacial score (nSPS) is 13.0. The SMILES string of the molecule is Cc1cc2cc(C(C)C)cc3ccc4cc(C(C)(C)C)cc1c4c32. The predicted molar refractivity (Wildman–Crippen MR) is 108 cm³/mol. The molecule has 122 valence electrons. The van der Waals surface area contributed by atoms with Gasteiger partial charge in [0.05, 0.1) is 0 Å². The van der Waals surface area contributed by atoms with Crippen molar-refractivity contribution >= 4 is 32.3 Å². The van der Waals surface area contributed by atoms with Gasteiger partial charge in [0.2, 0.25) is 0 Å². The van der Waals surface area contributed by atoms with Gasteiger partial charge in [-0.25, -0.2) is 0 Å². The van der Waals surface area contributed by atoms with E-state index in [2.05, 4.69) is 84.0 Å². The average molecular weight is 314 g/mol. The third-order valence-corrected chi connectivity index (χ3v) is 5.41. The molecule has 0 spiro atoms. The Morgan fingerprint density at radius 2 is 1.38 bits per heavy atom. The van der Waals surface area contributed by atoms with Gasteiger partial charge in [-0.05, 0) is 67.3 Å². The van der Waals surface area contributed by atoms with Gasteiger partial charge in [-0.1, -0.05) is 77.1 Å². The third kappa shape index (κ3) is 2.20. The fourth-order valence-electron chi connectivity index (χ4n) is 3.89. The second-order valence-electron chi connectivity index (χ2n) is 8.63. The number of aryl methyl sites for hydroxylation is 1. The molecule has 0 heteroatoms. The molecule has 0 saturated carbocycles. The van der Waals surface area contributed by atoms with Crippen LogP contribution in [-0.2, 0) is 5.41 Å². The van der Waals surface area contributed by atoms with Gasteiger partial charge in [-0.15, -0.1) is 0 Å². The highest BCUT2D eigenvalue weighted by Crippen LogP contribution is 2.40. The highest BCUT2D eigenvalue weighted by atomic mass is 14.2. The first-order valence-electron chi connectivity index (χ1n) is 8.99. The summed E-state index contributed by atoms with van der Waals surface area (Å²) in [6.45, 7) is 13.7. The van der Waals surface area contributed by atoms with Crippen LogP contribution in [0, 0.1) is 6.92 Å². The van der Waals surface area contributed by atoms with Gasteiger partial charge in [0, 0.05) is 0 Å². The van der Waals surface area contributed by atoms with Crippen LogP contribution in [0.1, 0.15) is 57.2 Å². The van der Waals surface area contributed by atoms with Gasteiger partial charge in [0.1, 0.15) is 0 Å². The molecule has 0 fully saturated rings. The number of benzene rings is 4. The van der Waals surface area contributed by atoms with Crippen LogP contribution >= 0.6 is 0 Å². The summed E-state index contributed by atoms with van der Waals surface area (Å²) in [5.74, 6) is 0.555. The van der Waals surface area contributed by atoms with E-state index in [0.29, 0.717) is 5.92 Å². The number of rotatable bonds is 1. The van der Waals surface area contributed by atoms with E-state index in [-0.39, 0.29) is 5.41 Å². The Kier molecular flexibility index (Phi) is 3.19.